The molecule has 4 heterocycles. The molecule has 2 bridgehead atoms. The molecule has 0 aliphatic carbocycles. The molecule has 204 valence electrons. The molecule has 0 spiro atoms. The summed E-state index contributed by atoms with van der Waals surface area (Å²) >= 11 is 0. The summed E-state index contributed by atoms with van der Waals surface area (Å²) in [6.07, 6.45) is 14.3. The van der Waals surface area contributed by atoms with E-state index < -0.39 is 24.3 Å². The van der Waals surface area contributed by atoms with Gasteiger partial charge in [0, 0.05) is 12.5 Å². The second-order valence-electron chi connectivity index (χ2n) is 11.0. The second-order valence-corrected chi connectivity index (χ2v) is 11.0. The molecule has 4 rings (SSSR count). The third kappa shape index (κ3) is 8.76. The first-order valence-corrected chi connectivity index (χ1v) is 13.6. The van der Waals surface area contributed by atoms with Gasteiger partial charge in [0.15, 0.2) is 0 Å². The third-order valence-corrected chi connectivity index (χ3v) is 7.44. The van der Waals surface area contributed by atoms with Crippen molar-refractivity contribution in [3.63, 3.8) is 0 Å². The van der Waals surface area contributed by atoms with Gasteiger partial charge in [-0.2, -0.15) is 0 Å². The van der Waals surface area contributed by atoms with E-state index in [9.17, 15) is 15.0 Å². The number of esters is 1. The minimum Gasteiger partial charge on any atom is -0.456 e. The Morgan fingerprint density at radius 3 is 2.78 bits per heavy atom. The zero-order chi connectivity index (χ0) is 26.4. The number of ether oxygens (including phenoxy) is 4. The van der Waals surface area contributed by atoms with Gasteiger partial charge in [-0.3, -0.25) is 0 Å². The lowest BCUT2D eigenvalue weighted by Crippen LogP contribution is -2.32. The minimum absolute atomic E-state index is 0.0863. The van der Waals surface area contributed by atoms with Crippen LogP contribution in [0.2, 0.25) is 0 Å². The Labute approximate surface area is 220 Å². The predicted molar refractivity (Wildman–Crippen MR) is 141 cm³/mol. The highest BCUT2D eigenvalue weighted by Crippen LogP contribution is 2.35. The maximum atomic E-state index is 12.6. The Kier molecular flexibility index (Phi) is 9.96. The van der Waals surface area contributed by atoms with Crippen LogP contribution < -0.4 is 0 Å². The Morgan fingerprint density at radius 1 is 1.14 bits per heavy atom. The molecule has 7 nitrogen and oxygen atoms in total. The Balaban J connectivity index is 1.44. The van der Waals surface area contributed by atoms with Gasteiger partial charge in [-0.05, 0) is 51.4 Å². The molecule has 1 fully saturated rings. The number of hydrogen-bond donors (Lipinski definition) is 2. The third-order valence-electron chi connectivity index (χ3n) is 7.44. The molecule has 4 aliphatic rings. The van der Waals surface area contributed by atoms with Gasteiger partial charge in [-0.1, -0.05) is 61.1 Å². The number of aliphatic hydroxyl groups is 2. The first kappa shape index (κ1) is 28.0. The van der Waals surface area contributed by atoms with Crippen LogP contribution in [0.15, 0.2) is 60.3 Å². The van der Waals surface area contributed by atoms with Gasteiger partial charge in [0.1, 0.15) is 18.3 Å². The molecule has 1 saturated heterocycles. The van der Waals surface area contributed by atoms with Crippen LogP contribution in [0.5, 0.6) is 0 Å². The molecule has 37 heavy (non-hydrogen) atoms. The molecule has 0 aromatic heterocycles. The number of carbonyl (C=O) groups is 1. The van der Waals surface area contributed by atoms with Crippen molar-refractivity contribution in [2.75, 3.05) is 6.61 Å². The standard InChI is InChI=1S/C30H42O7/c1-19-12-13-34-23(15-19)10-11-25(31)27-18-28-30(37-28)26(32)17-21(3)14-20(2)16-24-8-4-6-22(35-24)7-5-9-29(33)36-27/h4-6,9-12,20,22-28,30-32H,3,7-8,13-18H2,1-2H3/b9-5-,11-10+/t20-,22-,23?,24-,25-,26-,27-,28?,30?/m0/s1. The molecule has 3 unspecified atom stereocenters. The van der Waals surface area contributed by atoms with Crippen molar-refractivity contribution in [1.29, 1.82) is 0 Å². The Hall–Kier alpha value is -2.03. The van der Waals surface area contributed by atoms with Gasteiger partial charge in [-0.25, -0.2) is 4.79 Å². The van der Waals surface area contributed by atoms with Crippen molar-refractivity contribution in [2.24, 2.45) is 5.92 Å². The first-order chi connectivity index (χ1) is 17.8. The fourth-order valence-corrected chi connectivity index (χ4v) is 5.45. The van der Waals surface area contributed by atoms with E-state index >= 15 is 0 Å². The number of carbonyl (C=O) groups excluding carboxylic acids is 1. The average molecular weight is 515 g/mol. The number of aliphatic hydroxyl groups excluding tert-OH is 2. The van der Waals surface area contributed by atoms with Crippen molar-refractivity contribution in [3.05, 3.63) is 60.3 Å². The number of hydrogen-bond acceptors (Lipinski definition) is 7. The molecule has 0 radical (unpaired) electrons. The van der Waals surface area contributed by atoms with Gasteiger partial charge in [-0.15, -0.1) is 0 Å². The lowest BCUT2D eigenvalue weighted by atomic mass is 9.91. The van der Waals surface area contributed by atoms with E-state index in [1.54, 1.807) is 12.2 Å². The van der Waals surface area contributed by atoms with Gasteiger partial charge in [0.2, 0.25) is 0 Å². The Morgan fingerprint density at radius 2 is 1.97 bits per heavy atom. The highest BCUT2D eigenvalue weighted by molar-refractivity contribution is 5.82. The molecule has 9 atom stereocenters. The summed E-state index contributed by atoms with van der Waals surface area (Å²) in [5.74, 6) is -0.141. The van der Waals surface area contributed by atoms with E-state index in [1.807, 2.05) is 18.2 Å². The van der Waals surface area contributed by atoms with Gasteiger partial charge >= 0.3 is 5.97 Å². The van der Waals surface area contributed by atoms with Crippen LogP contribution in [0.25, 0.3) is 0 Å². The van der Waals surface area contributed by atoms with Gasteiger partial charge < -0.3 is 29.2 Å². The second kappa shape index (κ2) is 13.2. The number of cyclic esters (lactones) is 1. The summed E-state index contributed by atoms with van der Waals surface area (Å²) < 4.78 is 23.4. The van der Waals surface area contributed by atoms with E-state index in [-0.39, 0.29) is 36.9 Å². The zero-order valence-corrected chi connectivity index (χ0v) is 22.0. The molecule has 2 N–H and O–H groups in total. The first-order valence-electron chi connectivity index (χ1n) is 13.6. The van der Waals surface area contributed by atoms with Crippen LogP contribution in [-0.2, 0) is 23.7 Å². The van der Waals surface area contributed by atoms with Crippen molar-refractivity contribution in [3.8, 4) is 0 Å². The fourth-order valence-electron chi connectivity index (χ4n) is 5.45. The van der Waals surface area contributed by atoms with Crippen molar-refractivity contribution >= 4 is 5.97 Å². The molecule has 4 aliphatic heterocycles. The van der Waals surface area contributed by atoms with Crippen LogP contribution in [0.1, 0.15) is 58.8 Å². The lowest BCUT2D eigenvalue weighted by Gasteiger charge is -2.28. The zero-order valence-electron chi connectivity index (χ0n) is 22.0. The van der Waals surface area contributed by atoms with Crippen LogP contribution in [0.3, 0.4) is 0 Å². The SMILES string of the molecule is C=C1C[C@H](C)C[C@@H]2CC=C[C@@H](C/C=C\C(=O)O[C@H]([C@@H](O)/C=C/C3CC(C)=CCO3)CC3OC3[C@@H](O)C1)O2. The summed E-state index contributed by atoms with van der Waals surface area (Å²) in [6, 6.07) is 0. The summed E-state index contributed by atoms with van der Waals surface area (Å²) in [4.78, 5) is 12.6. The van der Waals surface area contributed by atoms with Crippen LogP contribution in [-0.4, -0.2) is 71.6 Å². The number of epoxide rings is 1. The summed E-state index contributed by atoms with van der Waals surface area (Å²) in [7, 11) is 0. The molecular weight excluding hydrogens is 472 g/mol. The number of rotatable bonds is 3. The summed E-state index contributed by atoms with van der Waals surface area (Å²) in [5.41, 5.74) is 2.23. The quantitative estimate of drug-likeness (QED) is 0.332. The average Bonchev–Trinajstić information content (AvgIpc) is 3.61. The van der Waals surface area contributed by atoms with E-state index in [2.05, 4.69) is 26.5 Å². The summed E-state index contributed by atoms with van der Waals surface area (Å²) in [6.45, 7) is 8.98. The van der Waals surface area contributed by atoms with Crippen molar-refractivity contribution in [2.45, 2.75) is 108 Å². The lowest BCUT2D eigenvalue weighted by molar-refractivity contribution is -0.148. The normalized spacial score (nSPS) is 39.6. The highest BCUT2D eigenvalue weighted by atomic mass is 16.6. The van der Waals surface area contributed by atoms with Gasteiger partial charge in [0.05, 0.1) is 37.1 Å². The molecule has 7 heteroatoms. The topological polar surface area (TPSA) is 97.8 Å². The largest absolute Gasteiger partial charge is 0.456 e. The van der Waals surface area contributed by atoms with E-state index in [0.29, 0.717) is 25.4 Å². The predicted octanol–water partition coefficient (Wildman–Crippen LogP) is 4.11. The van der Waals surface area contributed by atoms with E-state index in [4.69, 9.17) is 18.9 Å². The van der Waals surface area contributed by atoms with E-state index in [0.717, 1.165) is 31.3 Å². The molecule has 0 aromatic carbocycles. The maximum Gasteiger partial charge on any atom is 0.330 e. The van der Waals surface area contributed by atoms with Crippen LogP contribution in [0, 0.1) is 5.92 Å². The minimum atomic E-state index is -1.03. The molecule has 0 saturated carbocycles. The van der Waals surface area contributed by atoms with Crippen LogP contribution >= 0.6 is 0 Å². The highest BCUT2D eigenvalue weighted by Gasteiger charge is 2.46. The molecular formula is C30H42O7. The number of fused-ring (bicyclic) bond motifs is 3. The van der Waals surface area contributed by atoms with Crippen LogP contribution in [0.4, 0.5) is 0 Å². The molecule has 0 amide bonds. The smallest absolute Gasteiger partial charge is 0.330 e. The maximum absolute atomic E-state index is 12.6. The van der Waals surface area contributed by atoms with Crippen molar-refractivity contribution in [1.82, 2.24) is 0 Å². The fraction of sp³-hybridized carbons (Fsp3) is 0.633. The van der Waals surface area contributed by atoms with E-state index in [1.165, 1.54) is 11.6 Å². The Bertz CT molecular complexity index is 919. The summed E-state index contributed by atoms with van der Waals surface area (Å²) in [5, 5.41) is 21.7. The van der Waals surface area contributed by atoms with Crippen molar-refractivity contribution < 1.29 is 34.0 Å². The molecule has 0 aromatic rings. The monoisotopic (exact) mass is 514 g/mol. The van der Waals surface area contributed by atoms with Gasteiger partial charge in [0.25, 0.3) is 0 Å².